The fourth-order valence-electron chi connectivity index (χ4n) is 4.01. The number of aryl methyl sites for hydroxylation is 3. The topological polar surface area (TPSA) is 92.1 Å². The van der Waals surface area contributed by atoms with Crippen molar-refractivity contribution in [2.75, 3.05) is 13.1 Å². The normalized spacial score (nSPS) is 17.4. The number of aromatic amines is 1. The third kappa shape index (κ3) is 3.82. The summed E-state index contributed by atoms with van der Waals surface area (Å²) in [6, 6.07) is 2.57. The molecule has 3 aromatic rings. The van der Waals surface area contributed by atoms with Gasteiger partial charge < -0.3 is 14.4 Å². The van der Waals surface area contributed by atoms with Gasteiger partial charge >= 0.3 is 6.18 Å². The van der Waals surface area contributed by atoms with Crippen molar-refractivity contribution in [1.82, 2.24) is 20.0 Å². The molecule has 0 saturated carbocycles. The molecule has 1 fully saturated rings. The van der Waals surface area contributed by atoms with E-state index in [1.165, 1.54) is 11.8 Å². The largest absolute Gasteiger partial charge is 0.417 e. The van der Waals surface area contributed by atoms with E-state index < -0.39 is 29.1 Å². The average molecular weight is 434 g/mol. The smallest absolute Gasteiger partial charge is 0.338 e. The highest BCUT2D eigenvalue weighted by molar-refractivity contribution is 5.94. The fourth-order valence-corrected chi connectivity index (χ4v) is 4.01. The predicted molar refractivity (Wildman–Crippen MR) is 106 cm³/mol. The molecule has 3 aromatic heterocycles. The minimum atomic E-state index is -4.59. The van der Waals surface area contributed by atoms with Gasteiger partial charge in [-0.05, 0) is 51.3 Å². The first-order valence-corrected chi connectivity index (χ1v) is 9.90. The van der Waals surface area contributed by atoms with Gasteiger partial charge in [-0.1, -0.05) is 5.16 Å². The van der Waals surface area contributed by atoms with Crippen LogP contribution in [0.25, 0.3) is 11.1 Å². The average Bonchev–Trinajstić information content (AvgIpc) is 3.09. The van der Waals surface area contributed by atoms with Gasteiger partial charge in [0.25, 0.3) is 17.2 Å². The Labute approximate surface area is 175 Å². The predicted octanol–water partition coefficient (Wildman–Crippen LogP) is 3.87. The molecule has 1 saturated heterocycles. The van der Waals surface area contributed by atoms with Gasteiger partial charge in [0.05, 0.1) is 22.3 Å². The van der Waals surface area contributed by atoms with Crippen molar-refractivity contribution in [3.63, 3.8) is 0 Å². The van der Waals surface area contributed by atoms with Gasteiger partial charge in [-0.2, -0.15) is 13.2 Å². The van der Waals surface area contributed by atoms with Crippen LogP contribution in [0.15, 0.2) is 21.5 Å². The van der Waals surface area contributed by atoms with E-state index in [0.29, 0.717) is 25.1 Å². The third-order valence-corrected chi connectivity index (χ3v) is 5.80. The number of nitrogens with one attached hydrogen (secondary N) is 1. The maximum Gasteiger partial charge on any atom is 0.417 e. The first kappa shape index (κ1) is 21.1. The molecular formula is C21H21F3N4O3. The Hall–Kier alpha value is -3.17. The number of pyridine rings is 2. The second kappa shape index (κ2) is 7.51. The molecule has 0 unspecified atom stereocenters. The number of carbonyl (C=O) groups is 1. The number of hydrogen-bond donors (Lipinski definition) is 1. The molecule has 0 bridgehead atoms. The van der Waals surface area contributed by atoms with Crippen molar-refractivity contribution in [3.05, 3.63) is 56.3 Å². The van der Waals surface area contributed by atoms with Crippen molar-refractivity contribution in [1.29, 1.82) is 0 Å². The number of H-pyrrole nitrogens is 1. The molecule has 10 heteroatoms. The zero-order valence-electron chi connectivity index (χ0n) is 17.3. The standard InChI is InChI=1S/C21H21F3N4O3/c1-10-7-14(18(29)25-11(10)2)20(30)28-6-4-5-13(9-28)16-8-15(21(22,23)24)17-12(3)27-31-19(17)26-16/h7-8,13H,4-6,9H2,1-3H3,(H,25,29)/t13-/m1/s1. The van der Waals surface area contributed by atoms with Gasteiger partial charge in [0.1, 0.15) is 5.56 Å². The van der Waals surface area contributed by atoms with Gasteiger partial charge in [0, 0.05) is 24.7 Å². The summed E-state index contributed by atoms with van der Waals surface area (Å²) in [7, 11) is 0. The van der Waals surface area contributed by atoms with Crippen LogP contribution in [-0.4, -0.2) is 39.0 Å². The molecule has 0 aliphatic carbocycles. The van der Waals surface area contributed by atoms with Crippen molar-refractivity contribution in [2.45, 2.75) is 45.7 Å². The van der Waals surface area contributed by atoms with E-state index in [0.717, 1.165) is 11.6 Å². The highest BCUT2D eigenvalue weighted by atomic mass is 19.4. The number of piperidine rings is 1. The number of carbonyl (C=O) groups excluding carboxylic acids is 1. The molecule has 0 spiro atoms. The van der Waals surface area contributed by atoms with Gasteiger partial charge in [-0.15, -0.1) is 0 Å². The Morgan fingerprint density at radius 2 is 2.00 bits per heavy atom. The van der Waals surface area contributed by atoms with E-state index in [9.17, 15) is 22.8 Å². The second-order valence-electron chi connectivity index (χ2n) is 7.95. The van der Waals surface area contributed by atoms with Crippen LogP contribution in [0.1, 0.15) is 57.3 Å². The zero-order valence-corrected chi connectivity index (χ0v) is 17.3. The van der Waals surface area contributed by atoms with E-state index in [1.807, 2.05) is 0 Å². The molecule has 0 aromatic carbocycles. The molecule has 1 atom stereocenters. The number of rotatable bonds is 2. The van der Waals surface area contributed by atoms with E-state index in [-0.39, 0.29) is 34.6 Å². The molecule has 31 heavy (non-hydrogen) atoms. The lowest BCUT2D eigenvalue weighted by atomic mass is 9.92. The maximum atomic E-state index is 13.7. The van der Waals surface area contributed by atoms with Crippen molar-refractivity contribution in [3.8, 4) is 0 Å². The van der Waals surface area contributed by atoms with Gasteiger partial charge in [0.2, 0.25) is 0 Å². The van der Waals surface area contributed by atoms with E-state index in [1.54, 1.807) is 19.9 Å². The molecule has 164 valence electrons. The van der Waals surface area contributed by atoms with Gasteiger partial charge in [0.15, 0.2) is 0 Å². The minimum absolute atomic E-state index is 0.0222. The lowest BCUT2D eigenvalue weighted by Gasteiger charge is -2.32. The molecular weight excluding hydrogens is 413 g/mol. The Balaban J connectivity index is 1.68. The third-order valence-electron chi connectivity index (χ3n) is 5.80. The number of amides is 1. The summed E-state index contributed by atoms with van der Waals surface area (Å²) >= 11 is 0. The van der Waals surface area contributed by atoms with Crippen molar-refractivity contribution in [2.24, 2.45) is 0 Å². The first-order chi connectivity index (χ1) is 14.6. The van der Waals surface area contributed by atoms with Crippen LogP contribution in [0.2, 0.25) is 0 Å². The van der Waals surface area contributed by atoms with Crippen LogP contribution in [0, 0.1) is 20.8 Å². The molecule has 1 amide bonds. The summed E-state index contributed by atoms with van der Waals surface area (Å²) in [5.41, 5.74) is 0.298. The summed E-state index contributed by atoms with van der Waals surface area (Å²) < 4.78 is 46.0. The molecule has 7 nitrogen and oxygen atoms in total. The van der Waals surface area contributed by atoms with Crippen molar-refractivity contribution >= 4 is 17.0 Å². The first-order valence-electron chi connectivity index (χ1n) is 9.90. The fraction of sp³-hybridized carbons (Fsp3) is 0.429. The van der Waals surface area contributed by atoms with Crippen molar-refractivity contribution < 1.29 is 22.5 Å². The Morgan fingerprint density at radius 1 is 1.26 bits per heavy atom. The van der Waals surface area contributed by atoms with E-state index >= 15 is 0 Å². The number of hydrogen-bond acceptors (Lipinski definition) is 5. The Bertz CT molecular complexity index is 1230. The molecule has 1 aliphatic rings. The summed E-state index contributed by atoms with van der Waals surface area (Å²) in [5, 5.41) is 3.47. The van der Waals surface area contributed by atoms with Crippen LogP contribution in [0.4, 0.5) is 13.2 Å². The lowest BCUT2D eigenvalue weighted by Crippen LogP contribution is -2.41. The monoisotopic (exact) mass is 434 g/mol. The molecule has 0 radical (unpaired) electrons. The van der Waals surface area contributed by atoms with Crippen LogP contribution in [-0.2, 0) is 6.18 Å². The maximum absolute atomic E-state index is 13.7. The zero-order chi connectivity index (χ0) is 22.5. The summed E-state index contributed by atoms with van der Waals surface area (Å²) in [6.07, 6.45) is -3.45. The summed E-state index contributed by atoms with van der Waals surface area (Å²) in [5.74, 6) is -0.860. The number of aromatic nitrogens is 3. The summed E-state index contributed by atoms with van der Waals surface area (Å²) in [4.78, 5) is 33.7. The quantitative estimate of drug-likeness (QED) is 0.661. The van der Waals surface area contributed by atoms with E-state index in [2.05, 4.69) is 15.1 Å². The molecule has 4 heterocycles. The lowest BCUT2D eigenvalue weighted by molar-refractivity contribution is -0.136. The second-order valence-corrected chi connectivity index (χ2v) is 7.95. The number of alkyl halides is 3. The van der Waals surface area contributed by atoms with Crippen LogP contribution in [0.5, 0.6) is 0 Å². The highest BCUT2D eigenvalue weighted by Crippen LogP contribution is 2.38. The molecule has 1 N–H and O–H groups in total. The number of halogens is 3. The molecule has 4 rings (SSSR count). The van der Waals surface area contributed by atoms with Crippen LogP contribution >= 0.6 is 0 Å². The van der Waals surface area contributed by atoms with Gasteiger partial charge in [-0.25, -0.2) is 4.98 Å². The molecule has 1 aliphatic heterocycles. The number of likely N-dealkylation sites (tertiary alicyclic amines) is 1. The van der Waals surface area contributed by atoms with Crippen LogP contribution < -0.4 is 5.56 Å². The van der Waals surface area contributed by atoms with Crippen LogP contribution in [0.3, 0.4) is 0 Å². The SMILES string of the molecule is Cc1cc(C(=O)N2CCC[C@@H](c3cc(C(F)(F)F)c4c(C)noc4n3)C2)c(=O)[nH]c1C. The highest BCUT2D eigenvalue weighted by Gasteiger charge is 2.37. The number of fused-ring (bicyclic) bond motifs is 1. The van der Waals surface area contributed by atoms with Gasteiger partial charge in [-0.3, -0.25) is 9.59 Å². The Kier molecular flexibility index (Phi) is 5.10. The summed E-state index contributed by atoms with van der Waals surface area (Å²) in [6.45, 7) is 5.54. The minimum Gasteiger partial charge on any atom is -0.338 e. The van der Waals surface area contributed by atoms with E-state index in [4.69, 9.17) is 4.52 Å². The number of nitrogens with zero attached hydrogens (tertiary/aromatic N) is 3. The Morgan fingerprint density at radius 3 is 2.71 bits per heavy atom.